The Morgan fingerprint density at radius 1 is 1.46 bits per heavy atom. The fourth-order valence-electron chi connectivity index (χ4n) is 2.72. The maximum atomic E-state index is 12.7. The van der Waals surface area contributed by atoms with Crippen molar-refractivity contribution < 1.29 is 19.5 Å². The number of anilines is 1. The molecule has 0 saturated heterocycles. The molecule has 12 heteroatoms. The minimum Gasteiger partial charge on any atom is -0.465 e. The number of carbonyl (C=O) groups excluding carboxylic acids is 2. The summed E-state index contributed by atoms with van der Waals surface area (Å²) in [5, 5.41) is 26.7. The SMILES string of the molecule is C[C@@H](NC(=O)O)C(=O)N1c2ncccc2C[C@H]1C(=O)NCc1nn[nH]n1. The summed E-state index contributed by atoms with van der Waals surface area (Å²) in [7, 11) is 0. The van der Waals surface area contributed by atoms with Crippen LogP contribution in [0.15, 0.2) is 18.3 Å². The first-order chi connectivity index (χ1) is 12.5. The fourth-order valence-corrected chi connectivity index (χ4v) is 2.72. The van der Waals surface area contributed by atoms with Crippen molar-refractivity contribution in [3.8, 4) is 0 Å². The van der Waals surface area contributed by atoms with Crippen LogP contribution in [0.1, 0.15) is 18.3 Å². The summed E-state index contributed by atoms with van der Waals surface area (Å²) in [6.07, 6.45) is 0.449. The van der Waals surface area contributed by atoms with Gasteiger partial charge >= 0.3 is 6.09 Å². The molecule has 26 heavy (non-hydrogen) atoms. The van der Waals surface area contributed by atoms with E-state index in [2.05, 4.69) is 36.2 Å². The zero-order chi connectivity index (χ0) is 18.7. The molecule has 0 radical (unpaired) electrons. The van der Waals surface area contributed by atoms with Crippen molar-refractivity contribution in [2.24, 2.45) is 0 Å². The molecule has 12 nitrogen and oxygen atoms in total. The summed E-state index contributed by atoms with van der Waals surface area (Å²) in [6.45, 7) is 1.45. The number of carbonyl (C=O) groups is 3. The molecule has 2 aromatic rings. The molecule has 0 bridgehead atoms. The molecule has 136 valence electrons. The second kappa shape index (κ2) is 7.13. The number of carboxylic acid groups (broad SMARTS) is 1. The van der Waals surface area contributed by atoms with E-state index < -0.39 is 30.0 Å². The molecule has 0 fully saturated rings. The molecule has 2 aromatic heterocycles. The van der Waals surface area contributed by atoms with Crippen LogP contribution in [-0.4, -0.2) is 60.7 Å². The van der Waals surface area contributed by atoms with Crippen molar-refractivity contribution >= 4 is 23.7 Å². The quantitative estimate of drug-likeness (QED) is 0.517. The minimum atomic E-state index is -1.33. The topological polar surface area (TPSA) is 166 Å². The number of nitrogens with zero attached hydrogens (tertiary/aromatic N) is 5. The molecule has 3 heterocycles. The Labute approximate surface area is 147 Å². The van der Waals surface area contributed by atoms with E-state index in [0.29, 0.717) is 11.6 Å². The highest BCUT2D eigenvalue weighted by Crippen LogP contribution is 2.30. The van der Waals surface area contributed by atoms with Crippen molar-refractivity contribution in [1.82, 2.24) is 36.2 Å². The molecule has 0 aliphatic carbocycles. The first-order valence-corrected chi connectivity index (χ1v) is 7.74. The standard InChI is InChI=1S/C14H16N8O4/c1-7(17-14(25)26)13(24)22-9(5-8-3-2-4-15-11(8)22)12(23)16-6-10-18-20-21-19-10/h2-4,7,9,17H,5-6H2,1H3,(H,16,23)(H,25,26)(H,18,19,20,21)/t7-,9+/m1/s1. The van der Waals surface area contributed by atoms with Gasteiger partial charge in [0.1, 0.15) is 17.9 Å². The molecule has 3 amide bonds. The zero-order valence-corrected chi connectivity index (χ0v) is 13.7. The maximum absolute atomic E-state index is 12.7. The lowest BCUT2D eigenvalue weighted by Gasteiger charge is -2.26. The van der Waals surface area contributed by atoms with Gasteiger partial charge in [-0.1, -0.05) is 11.3 Å². The Morgan fingerprint density at radius 3 is 2.96 bits per heavy atom. The van der Waals surface area contributed by atoms with E-state index >= 15 is 0 Å². The van der Waals surface area contributed by atoms with E-state index in [1.807, 2.05) is 0 Å². The number of tetrazole rings is 1. The molecule has 0 aromatic carbocycles. The highest BCUT2D eigenvalue weighted by atomic mass is 16.4. The van der Waals surface area contributed by atoms with Crippen LogP contribution in [0.3, 0.4) is 0 Å². The van der Waals surface area contributed by atoms with Crippen LogP contribution in [-0.2, 0) is 22.6 Å². The number of hydrogen-bond donors (Lipinski definition) is 4. The molecule has 0 spiro atoms. The van der Waals surface area contributed by atoms with Gasteiger partial charge in [0.15, 0.2) is 5.82 Å². The summed E-state index contributed by atoms with van der Waals surface area (Å²) in [5.41, 5.74) is 0.725. The Balaban J connectivity index is 1.80. The van der Waals surface area contributed by atoms with Gasteiger partial charge in [0, 0.05) is 12.6 Å². The third-order valence-corrected chi connectivity index (χ3v) is 3.88. The second-order valence-electron chi connectivity index (χ2n) is 5.63. The Kier molecular flexibility index (Phi) is 4.73. The van der Waals surface area contributed by atoms with Gasteiger partial charge in [-0.3, -0.25) is 14.5 Å². The molecule has 1 aliphatic rings. The summed E-state index contributed by atoms with van der Waals surface area (Å²) in [4.78, 5) is 41.6. The van der Waals surface area contributed by atoms with E-state index in [9.17, 15) is 14.4 Å². The number of pyridine rings is 1. The number of amides is 3. The van der Waals surface area contributed by atoms with Crippen LogP contribution >= 0.6 is 0 Å². The van der Waals surface area contributed by atoms with E-state index in [1.54, 1.807) is 12.1 Å². The van der Waals surface area contributed by atoms with E-state index in [1.165, 1.54) is 18.0 Å². The lowest BCUT2D eigenvalue weighted by atomic mass is 10.1. The van der Waals surface area contributed by atoms with Crippen LogP contribution in [0.5, 0.6) is 0 Å². The fraction of sp³-hybridized carbons (Fsp3) is 0.357. The highest BCUT2D eigenvalue weighted by Gasteiger charge is 2.41. The normalized spacial score (nSPS) is 16.7. The molecular formula is C14H16N8O4. The zero-order valence-electron chi connectivity index (χ0n) is 13.7. The first kappa shape index (κ1) is 17.3. The van der Waals surface area contributed by atoms with Crippen LogP contribution < -0.4 is 15.5 Å². The van der Waals surface area contributed by atoms with Gasteiger partial charge in [-0.25, -0.2) is 9.78 Å². The lowest BCUT2D eigenvalue weighted by Crippen LogP contribution is -2.54. The number of fused-ring (bicyclic) bond motifs is 1. The molecular weight excluding hydrogens is 344 g/mol. The van der Waals surface area contributed by atoms with Crippen LogP contribution in [0, 0.1) is 0 Å². The highest BCUT2D eigenvalue weighted by molar-refractivity contribution is 6.05. The van der Waals surface area contributed by atoms with Crippen LogP contribution in [0.25, 0.3) is 0 Å². The molecule has 4 N–H and O–H groups in total. The number of hydrogen-bond acceptors (Lipinski definition) is 7. The van der Waals surface area contributed by atoms with Crippen molar-refractivity contribution in [2.75, 3.05) is 4.90 Å². The molecule has 0 saturated carbocycles. The largest absolute Gasteiger partial charge is 0.465 e. The van der Waals surface area contributed by atoms with Crippen molar-refractivity contribution in [1.29, 1.82) is 0 Å². The predicted octanol–water partition coefficient (Wildman–Crippen LogP) is -1.18. The van der Waals surface area contributed by atoms with Crippen LogP contribution in [0.4, 0.5) is 10.6 Å². The number of aromatic nitrogens is 5. The van der Waals surface area contributed by atoms with Crippen molar-refractivity contribution in [3.63, 3.8) is 0 Å². The van der Waals surface area contributed by atoms with Crippen LogP contribution in [0.2, 0.25) is 0 Å². The summed E-state index contributed by atoms with van der Waals surface area (Å²) in [5.74, 6) is -0.352. The second-order valence-corrected chi connectivity index (χ2v) is 5.63. The van der Waals surface area contributed by atoms with E-state index in [4.69, 9.17) is 5.11 Å². The van der Waals surface area contributed by atoms with Gasteiger partial charge in [0.25, 0.3) is 5.91 Å². The summed E-state index contributed by atoms with van der Waals surface area (Å²) < 4.78 is 0. The van der Waals surface area contributed by atoms with Gasteiger partial charge < -0.3 is 15.7 Å². The third-order valence-electron chi connectivity index (χ3n) is 3.88. The Hall–Kier alpha value is -3.57. The third kappa shape index (κ3) is 3.43. The molecule has 1 aliphatic heterocycles. The summed E-state index contributed by atoms with van der Waals surface area (Å²) >= 11 is 0. The van der Waals surface area contributed by atoms with Gasteiger partial charge in [-0.05, 0) is 18.6 Å². The number of nitrogens with one attached hydrogen (secondary N) is 3. The lowest BCUT2D eigenvalue weighted by molar-refractivity contribution is -0.126. The van der Waals surface area contributed by atoms with E-state index in [0.717, 1.165) is 5.56 Å². The molecule has 0 unspecified atom stereocenters. The monoisotopic (exact) mass is 360 g/mol. The average molecular weight is 360 g/mol. The first-order valence-electron chi connectivity index (χ1n) is 7.74. The van der Waals surface area contributed by atoms with Gasteiger partial charge in [0.2, 0.25) is 5.91 Å². The summed E-state index contributed by atoms with van der Waals surface area (Å²) in [6, 6.07) is 1.59. The smallest absolute Gasteiger partial charge is 0.405 e. The van der Waals surface area contributed by atoms with Crippen molar-refractivity contribution in [3.05, 3.63) is 29.7 Å². The van der Waals surface area contributed by atoms with Gasteiger partial charge in [-0.2, -0.15) is 5.21 Å². The van der Waals surface area contributed by atoms with Gasteiger partial charge in [-0.15, -0.1) is 10.2 Å². The predicted molar refractivity (Wildman–Crippen MR) is 85.9 cm³/mol. The number of aromatic amines is 1. The Morgan fingerprint density at radius 2 is 2.27 bits per heavy atom. The minimum absolute atomic E-state index is 0.0422. The molecule has 3 rings (SSSR count). The van der Waals surface area contributed by atoms with Crippen molar-refractivity contribution in [2.45, 2.75) is 32.0 Å². The number of H-pyrrole nitrogens is 1. The van der Waals surface area contributed by atoms with Gasteiger partial charge in [0.05, 0.1) is 6.54 Å². The average Bonchev–Trinajstić information content (AvgIpc) is 3.25. The number of rotatable bonds is 5. The van der Waals surface area contributed by atoms with E-state index in [-0.39, 0.29) is 13.0 Å². The Bertz CT molecular complexity index is 824. The molecule has 2 atom stereocenters. The maximum Gasteiger partial charge on any atom is 0.405 e.